The zero-order valence-corrected chi connectivity index (χ0v) is 36.2. The molecule has 0 N–H and O–H groups in total. The van der Waals surface area contributed by atoms with Gasteiger partial charge in [0.25, 0.3) is 0 Å². The highest BCUT2D eigenvalue weighted by Crippen LogP contribution is 2.55. The van der Waals surface area contributed by atoms with E-state index in [0.29, 0.717) is 0 Å². The maximum Gasteiger partial charge on any atom is 0.333 e. The number of hydrogen-bond donors (Lipinski definition) is 0. The van der Waals surface area contributed by atoms with Crippen LogP contribution in [0.15, 0.2) is 165 Å². The number of nitrogens with zero attached hydrogens (tertiary/aromatic N) is 2. The molecule has 0 bridgehead atoms. The molecule has 0 unspecified atom stereocenters. The van der Waals surface area contributed by atoms with E-state index in [2.05, 4.69) is 190 Å². The fraction of sp³-hybridized carbons (Fsp3) is 0.164. The highest BCUT2D eigenvalue weighted by atomic mass is 32.2. The summed E-state index contributed by atoms with van der Waals surface area (Å²) in [4.78, 5) is 8.10. The van der Waals surface area contributed by atoms with Gasteiger partial charge in [0.15, 0.2) is 0 Å². The number of aromatic nitrogens is 1. The molecular weight excluding hydrogens is 764 g/mol. The second-order valence-corrected chi connectivity index (χ2v) is 21.0. The summed E-state index contributed by atoms with van der Waals surface area (Å²) < 4.78 is 2.63. The summed E-state index contributed by atoms with van der Waals surface area (Å²) >= 11 is 3.84. The highest BCUT2D eigenvalue weighted by Gasteiger charge is 2.46. The minimum absolute atomic E-state index is 0.0368. The number of rotatable bonds is 2. The van der Waals surface area contributed by atoms with Gasteiger partial charge in [-0.1, -0.05) is 142 Å². The van der Waals surface area contributed by atoms with Gasteiger partial charge in [0.1, 0.15) is 0 Å². The Morgan fingerprint density at radius 3 is 1.93 bits per heavy atom. The van der Waals surface area contributed by atoms with Crippen molar-refractivity contribution in [2.45, 2.75) is 77.9 Å². The van der Waals surface area contributed by atoms with E-state index in [9.17, 15) is 0 Å². The number of aryl methyl sites for hydroxylation is 1. The summed E-state index contributed by atoms with van der Waals surface area (Å²) in [5.41, 5.74) is 18.9. The molecule has 288 valence electrons. The molecular formula is C55H43BN2S2. The monoisotopic (exact) mass is 806 g/mol. The van der Waals surface area contributed by atoms with Crippen LogP contribution in [0.2, 0.25) is 0 Å². The molecule has 9 aromatic rings. The first-order valence-electron chi connectivity index (χ1n) is 21.4. The molecule has 0 fully saturated rings. The smallest absolute Gasteiger partial charge is 0.333 e. The normalized spacial score (nSPS) is 16.4. The van der Waals surface area contributed by atoms with Crippen LogP contribution < -0.4 is 15.7 Å². The largest absolute Gasteiger partial charge is 0.376 e. The topological polar surface area (TPSA) is 8.17 Å². The predicted octanol–water partition coefficient (Wildman–Crippen LogP) is 14.1. The summed E-state index contributed by atoms with van der Waals surface area (Å²) in [6.45, 7) is 12.2. The Labute approximate surface area is 360 Å². The molecule has 0 spiro atoms. The van der Waals surface area contributed by atoms with Gasteiger partial charge < -0.3 is 9.38 Å². The maximum absolute atomic E-state index is 2.77. The zero-order valence-electron chi connectivity index (χ0n) is 34.6. The van der Waals surface area contributed by atoms with E-state index in [0.717, 1.165) is 0 Å². The van der Waals surface area contributed by atoms with Gasteiger partial charge in [-0.25, -0.2) is 0 Å². The van der Waals surface area contributed by atoms with Gasteiger partial charge in [0.05, 0.1) is 11.0 Å². The van der Waals surface area contributed by atoms with Crippen LogP contribution in [0, 0.1) is 6.92 Å². The van der Waals surface area contributed by atoms with Crippen LogP contribution in [0.25, 0.3) is 60.5 Å². The first-order chi connectivity index (χ1) is 29.1. The van der Waals surface area contributed by atoms with Gasteiger partial charge in [0, 0.05) is 53.0 Å². The van der Waals surface area contributed by atoms with Gasteiger partial charge in [0.2, 0.25) is 0 Å². The summed E-state index contributed by atoms with van der Waals surface area (Å²) in [5, 5.41) is 5.17. The van der Waals surface area contributed by atoms with Crippen LogP contribution in [0.4, 0.5) is 11.4 Å². The fourth-order valence-corrected chi connectivity index (χ4v) is 13.4. The third-order valence-electron chi connectivity index (χ3n) is 14.3. The molecule has 0 atom stereocenters. The van der Waals surface area contributed by atoms with Gasteiger partial charge >= 0.3 is 6.85 Å². The van der Waals surface area contributed by atoms with Crippen molar-refractivity contribution in [3.8, 4) is 27.9 Å². The molecule has 4 heterocycles. The van der Waals surface area contributed by atoms with Gasteiger partial charge in [-0.2, -0.15) is 0 Å². The van der Waals surface area contributed by atoms with E-state index in [4.69, 9.17) is 0 Å². The van der Waals surface area contributed by atoms with Crippen LogP contribution in [-0.2, 0) is 10.8 Å². The van der Waals surface area contributed by atoms with E-state index in [1.54, 1.807) is 0 Å². The van der Waals surface area contributed by atoms with E-state index >= 15 is 0 Å². The van der Waals surface area contributed by atoms with Crippen molar-refractivity contribution in [1.82, 2.24) is 4.57 Å². The summed E-state index contributed by atoms with van der Waals surface area (Å²) in [7, 11) is 0. The number of fused-ring (bicyclic) bond motifs is 11. The van der Waals surface area contributed by atoms with E-state index in [1.165, 1.54) is 132 Å². The van der Waals surface area contributed by atoms with Crippen molar-refractivity contribution in [2.75, 3.05) is 4.81 Å². The minimum Gasteiger partial charge on any atom is -0.376 e. The van der Waals surface area contributed by atoms with Crippen molar-refractivity contribution >= 4 is 85.3 Å². The maximum atomic E-state index is 2.77. The fourth-order valence-electron chi connectivity index (χ4n) is 11.2. The lowest BCUT2D eigenvalue weighted by atomic mass is 9.43. The molecule has 3 aliphatic heterocycles. The molecule has 0 amide bonds. The van der Waals surface area contributed by atoms with Crippen molar-refractivity contribution in [1.29, 1.82) is 0 Å². The Bertz CT molecular complexity index is 3360. The average Bonchev–Trinajstić information content (AvgIpc) is 3.58. The lowest BCUT2D eigenvalue weighted by molar-refractivity contribution is 0.332. The zero-order chi connectivity index (χ0) is 40.2. The average molecular weight is 807 g/mol. The molecule has 13 rings (SSSR count). The Morgan fingerprint density at radius 1 is 0.517 bits per heavy atom. The quantitative estimate of drug-likeness (QED) is 0.161. The number of hydrogen-bond acceptors (Lipinski definition) is 3. The van der Waals surface area contributed by atoms with Crippen LogP contribution in [0.5, 0.6) is 0 Å². The Kier molecular flexibility index (Phi) is 7.18. The first-order valence-corrected chi connectivity index (χ1v) is 23.0. The molecule has 60 heavy (non-hydrogen) atoms. The molecule has 0 saturated heterocycles. The standard InChI is InChI=1S/C55H43BN2S2/c1-32-24-41-42(55(4,5)23-22-54(41,2)3)30-44(32)58-46-31-51-50(59-48-20-11-12-21-49(48)60-51)29-39(46)40-26-36(33-14-7-6-8-15-33)28-47-52(40)56(58)43-19-13-18-37-38-25-34-16-9-10-17-35(34)27-45(38)57(47)53(37)43/h6-21,24-31H,22-23H2,1-5H3. The van der Waals surface area contributed by atoms with Crippen molar-refractivity contribution in [2.24, 2.45) is 0 Å². The lowest BCUT2D eigenvalue weighted by Crippen LogP contribution is -2.60. The molecule has 1 aliphatic carbocycles. The third-order valence-corrected chi connectivity index (χ3v) is 16.9. The molecule has 0 radical (unpaired) electrons. The summed E-state index contributed by atoms with van der Waals surface area (Å²) in [6, 6.07) is 56.0. The molecule has 1 aromatic heterocycles. The molecule has 2 nitrogen and oxygen atoms in total. The van der Waals surface area contributed by atoms with Gasteiger partial charge in [-0.3, -0.25) is 0 Å². The third kappa shape index (κ3) is 4.82. The SMILES string of the molecule is Cc1cc2c(cc1N1B3c4c(cc(-c5ccccc5)cc4-n4c5cc6ccccc6cc5c5cccc3c54)-c3cc4c(cc31)Sc1ccccc1S4)C(C)(C)CCC2(C)C. The first kappa shape index (κ1) is 35.2. The molecule has 4 aliphatic rings. The minimum atomic E-state index is -0.0368. The van der Waals surface area contributed by atoms with E-state index in [-0.39, 0.29) is 17.7 Å². The molecule has 8 aromatic carbocycles. The highest BCUT2D eigenvalue weighted by molar-refractivity contribution is 8.05. The van der Waals surface area contributed by atoms with Crippen molar-refractivity contribution in [3.05, 3.63) is 162 Å². The van der Waals surface area contributed by atoms with Crippen LogP contribution in [-0.4, -0.2) is 11.4 Å². The number of para-hydroxylation sites is 1. The van der Waals surface area contributed by atoms with Crippen molar-refractivity contribution in [3.63, 3.8) is 0 Å². The van der Waals surface area contributed by atoms with Crippen molar-refractivity contribution < 1.29 is 0 Å². The second kappa shape index (κ2) is 12.2. The van der Waals surface area contributed by atoms with Crippen LogP contribution in [0.1, 0.15) is 57.2 Å². The Balaban J connectivity index is 1.18. The van der Waals surface area contributed by atoms with Crippen LogP contribution in [0.3, 0.4) is 0 Å². The van der Waals surface area contributed by atoms with E-state index in [1.807, 2.05) is 23.5 Å². The lowest BCUT2D eigenvalue weighted by Gasteiger charge is -2.46. The van der Waals surface area contributed by atoms with E-state index < -0.39 is 0 Å². The predicted molar refractivity (Wildman–Crippen MR) is 257 cm³/mol. The second-order valence-electron chi connectivity index (χ2n) is 18.8. The summed E-state index contributed by atoms with van der Waals surface area (Å²) in [6.07, 6.45) is 2.38. The Morgan fingerprint density at radius 2 is 1.18 bits per heavy atom. The number of benzene rings is 8. The van der Waals surface area contributed by atoms with Gasteiger partial charge in [-0.05, 0) is 140 Å². The van der Waals surface area contributed by atoms with Gasteiger partial charge in [-0.15, -0.1) is 0 Å². The van der Waals surface area contributed by atoms with Crippen LogP contribution >= 0.6 is 23.5 Å². The Hall–Kier alpha value is -5.62. The molecule has 5 heteroatoms. The number of anilines is 2. The molecule has 0 saturated carbocycles. The summed E-state index contributed by atoms with van der Waals surface area (Å²) in [5.74, 6) is 0.